The molecule has 4 unspecified atom stereocenters. The highest BCUT2D eigenvalue weighted by molar-refractivity contribution is 5.16. The Morgan fingerprint density at radius 1 is 1.25 bits per heavy atom. The van der Waals surface area contributed by atoms with Crippen molar-refractivity contribution in [3.63, 3.8) is 0 Å². The first-order valence-corrected chi connectivity index (χ1v) is 8.76. The summed E-state index contributed by atoms with van der Waals surface area (Å²) >= 11 is 0. The van der Waals surface area contributed by atoms with Crippen molar-refractivity contribution in [2.45, 2.75) is 77.0 Å². The number of fused-ring (bicyclic) bond motifs is 2. The summed E-state index contributed by atoms with van der Waals surface area (Å²) in [5.74, 6) is 1.15. The van der Waals surface area contributed by atoms with E-state index >= 15 is 0 Å². The molecule has 3 fully saturated rings. The minimum absolute atomic E-state index is 0.190. The van der Waals surface area contributed by atoms with Gasteiger partial charge in [0.25, 0.3) is 0 Å². The fraction of sp³-hybridized carbons (Fsp3) is 1.00. The second-order valence-corrected chi connectivity index (χ2v) is 7.21. The molecule has 1 heterocycles. The van der Waals surface area contributed by atoms with Crippen LogP contribution in [-0.4, -0.2) is 36.5 Å². The third kappa shape index (κ3) is 2.22. The van der Waals surface area contributed by atoms with Crippen LogP contribution in [0.25, 0.3) is 0 Å². The Bertz CT molecular complexity index is 323. The highest BCUT2D eigenvalue weighted by Gasteiger charge is 2.64. The van der Waals surface area contributed by atoms with E-state index in [1.807, 2.05) is 0 Å². The lowest BCUT2D eigenvalue weighted by Gasteiger charge is -2.57. The highest BCUT2D eigenvalue weighted by atomic mass is 16.5. The van der Waals surface area contributed by atoms with E-state index in [9.17, 15) is 5.11 Å². The van der Waals surface area contributed by atoms with Gasteiger partial charge in [0.05, 0.1) is 12.2 Å². The Kier molecular flexibility index (Phi) is 4.40. The third-order valence-electron chi connectivity index (χ3n) is 6.43. The van der Waals surface area contributed by atoms with Crippen molar-refractivity contribution < 1.29 is 9.84 Å². The van der Waals surface area contributed by atoms with Crippen LogP contribution in [0.15, 0.2) is 0 Å². The lowest BCUT2D eigenvalue weighted by molar-refractivity contribution is -0.132. The number of aliphatic hydroxyl groups is 1. The zero-order chi connectivity index (χ0) is 14.2. The Hall–Kier alpha value is -0.120. The maximum absolute atomic E-state index is 10.4. The topological polar surface area (TPSA) is 41.5 Å². The number of ether oxygens (including phenoxy) is 1. The molecule has 0 aromatic heterocycles. The van der Waals surface area contributed by atoms with Crippen LogP contribution in [0.5, 0.6) is 0 Å². The molecule has 3 aliphatic rings. The normalized spacial score (nSPS) is 36.3. The first-order chi connectivity index (χ1) is 9.73. The summed E-state index contributed by atoms with van der Waals surface area (Å²) in [6, 6.07) is 0.599. The second kappa shape index (κ2) is 5.94. The van der Waals surface area contributed by atoms with Gasteiger partial charge in [-0.15, -0.1) is 0 Å². The third-order valence-corrected chi connectivity index (χ3v) is 6.43. The molecule has 0 bridgehead atoms. The van der Waals surface area contributed by atoms with Crippen molar-refractivity contribution >= 4 is 0 Å². The summed E-state index contributed by atoms with van der Waals surface area (Å²) in [6.45, 7) is 6.08. The average molecular weight is 281 g/mol. The molecule has 116 valence electrons. The molecule has 3 rings (SSSR count). The van der Waals surface area contributed by atoms with Gasteiger partial charge in [-0.3, -0.25) is 0 Å². The van der Waals surface area contributed by atoms with Gasteiger partial charge in [0.1, 0.15) is 0 Å². The van der Waals surface area contributed by atoms with Gasteiger partial charge in [-0.25, -0.2) is 0 Å². The summed E-state index contributed by atoms with van der Waals surface area (Å²) in [7, 11) is 0. The van der Waals surface area contributed by atoms with Gasteiger partial charge in [0.15, 0.2) is 0 Å². The second-order valence-electron chi connectivity index (χ2n) is 7.21. The molecule has 0 aromatic carbocycles. The molecule has 3 heteroatoms. The van der Waals surface area contributed by atoms with Crippen molar-refractivity contribution in [1.82, 2.24) is 5.32 Å². The van der Waals surface area contributed by atoms with E-state index in [0.717, 1.165) is 26.0 Å². The van der Waals surface area contributed by atoms with Crippen molar-refractivity contribution in [3.8, 4) is 0 Å². The van der Waals surface area contributed by atoms with E-state index in [0.29, 0.717) is 29.4 Å². The van der Waals surface area contributed by atoms with E-state index in [4.69, 9.17) is 4.74 Å². The highest BCUT2D eigenvalue weighted by Crippen LogP contribution is 2.60. The van der Waals surface area contributed by atoms with E-state index in [2.05, 4.69) is 19.2 Å². The van der Waals surface area contributed by atoms with Crippen LogP contribution in [0.1, 0.15) is 58.8 Å². The van der Waals surface area contributed by atoms with Crippen LogP contribution in [-0.2, 0) is 4.74 Å². The van der Waals surface area contributed by atoms with E-state index in [1.54, 1.807) is 0 Å². The fourth-order valence-electron chi connectivity index (χ4n) is 5.26. The SMILES string of the molecule is CCC(CC)C(O)CNC1C2CCOC2C12CCCC2. The molecule has 1 spiro atoms. The Balaban J connectivity index is 1.59. The van der Waals surface area contributed by atoms with Gasteiger partial charge in [-0.05, 0) is 25.2 Å². The van der Waals surface area contributed by atoms with Gasteiger partial charge in [0, 0.05) is 30.5 Å². The summed E-state index contributed by atoms with van der Waals surface area (Å²) in [5.41, 5.74) is 0.412. The predicted octanol–water partition coefficient (Wildman–Crippen LogP) is 2.72. The van der Waals surface area contributed by atoms with E-state index < -0.39 is 0 Å². The quantitative estimate of drug-likeness (QED) is 0.786. The van der Waals surface area contributed by atoms with Gasteiger partial charge in [-0.2, -0.15) is 0 Å². The molecular formula is C17H31NO2. The Morgan fingerprint density at radius 2 is 1.95 bits per heavy atom. The van der Waals surface area contributed by atoms with Gasteiger partial charge in [-0.1, -0.05) is 39.5 Å². The van der Waals surface area contributed by atoms with Crippen LogP contribution >= 0.6 is 0 Å². The summed E-state index contributed by atoms with van der Waals surface area (Å²) < 4.78 is 6.01. The molecule has 4 atom stereocenters. The molecule has 0 radical (unpaired) electrons. The number of nitrogens with one attached hydrogen (secondary N) is 1. The number of hydrogen-bond donors (Lipinski definition) is 2. The standard InChI is InChI=1S/C17H31NO2/c1-3-12(4-2)14(19)11-18-15-13-7-10-20-16(13)17(15)8-5-6-9-17/h12-16,18-19H,3-11H2,1-2H3. The summed E-state index contributed by atoms with van der Waals surface area (Å²) in [6.07, 6.45) is 9.07. The van der Waals surface area contributed by atoms with Gasteiger partial charge >= 0.3 is 0 Å². The minimum atomic E-state index is -0.190. The van der Waals surface area contributed by atoms with Crippen LogP contribution in [0.2, 0.25) is 0 Å². The molecule has 3 nitrogen and oxygen atoms in total. The van der Waals surface area contributed by atoms with Crippen LogP contribution in [0.3, 0.4) is 0 Å². The van der Waals surface area contributed by atoms with Crippen molar-refractivity contribution in [1.29, 1.82) is 0 Å². The number of rotatable bonds is 6. The summed E-state index contributed by atoms with van der Waals surface area (Å²) in [4.78, 5) is 0. The minimum Gasteiger partial charge on any atom is -0.392 e. The van der Waals surface area contributed by atoms with Crippen LogP contribution < -0.4 is 5.32 Å². The fourth-order valence-corrected chi connectivity index (χ4v) is 5.26. The average Bonchev–Trinajstić information content (AvgIpc) is 3.07. The first-order valence-electron chi connectivity index (χ1n) is 8.76. The van der Waals surface area contributed by atoms with E-state index in [1.165, 1.54) is 32.1 Å². The first kappa shape index (κ1) is 14.8. The predicted molar refractivity (Wildman–Crippen MR) is 80.6 cm³/mol. The lowest BCUT2D eigenvalue weighted by atomic mass is 9.54. The van der Waals surface area contributed by atoms with Crippen molar-refractivity contribution in [3.05, 3.63) is 0 Å². The van der Waals surface area contributed by atoms with Gasteiger partial charge in [0.2, 0.25) is 0 Å². The van der Waals surface area contributed by atoms with Crippen LogP contribution in [0.4, 0.5) is 0 Å². The maximum atomic E-state index is 10.4. The molecule has 1 aliphatic heterocycles. The smallest absolute Gasteiger partial charge is 0.0692 e. The molecule has 2 aliphatic carbocycles. The molecular weight excluding hydrogens is 250 g/mol. The van der Waals surface area contributed by atoms with Crippen molar-refractivity contribution in [2.75, 3.05) is 13.2 Å². The van der Waals surface area contributed by atoms with E-state index in [-0.39, 0.29) is 6.10 Å². The summed E-state index contributed by atoms with van der Waals surface area (Å²) in [5, 5.41) is 14.1. The lowest BCUT2D eigenvalue weighted by Crippen LogP contribution is -2.68. The number of hydrogen-bond acceptors (Lipinski definition) is 3. The van der Waals surface area contributed by atoms with Crippen molar-refractivity contribution in [2.24, 2.45) is 17.3 Å². The number of aliphatic hydroxyl groups excluding tert-OH is 1. The molecule has 20 heavy (non-hydrogen) atoms. The monoisotopic (exact) mass is 281 g/mol. The largest absolute Gasteiger partial charge is 0.392 e. The molecule has 2 N–H and O–H groups in total. The molecule has 0 aromatic rings. The molecule has 2 saturated carbocycles. The van der Waals surface area contributed by atoms with Crippen LogP contribution in [0, 0.1) is 17.3 Å². The zero-order valence-electron chi connectivity index (χ0n) is 13.1. The van der Waals surface area contributed by atoms with Gasteiger partial charge < -0.3 is 15.2 Å². The molecule has 0 amide bonds. The zero-order valence-corrected chi connectivity index (χ0v) is 13.1. The molecule has 1 saturated heterocycles. The maximum Gasteiger partial charge on any atom is 0.0692 e. The Morgan fingerprint density at radius 3 is 2.60 bits per heavy atom. The Labute approximate surface area is 123 Å².